The van der Waals surface area contributed by atoms with Crippen LogP contribution in [0, 0.1) is 6.92 Å². The molecule has 0 amide bonds. The van der Waals surface area contributed by atoms with Crippen molar-refractivity contribution in [1.29, 1.82) is 0 Å². The zero-order valence-electron chi connectivity index (χ0n) is 12.6. The van der Waals surface area contributed by atoms with E-state index in [-0.39, 0.29) is 5.54 Å². The van der Waals surface area contributed by atoms with E-state index in [1.165, 1.54) is 5.56 Å². The Labute approximate surface area is 129 Å². The summed E-state index contributed by atoms with van der Waals surface area (Å²) < 4.78 is 0. The Kier molecular flexibility index (Phi) is 3.15. The van der Waals surface area contributed by atoms with Crippen LogP contribution in [0.1, 0.15) is 17.7 Å². The highest BCUT2D eigenvalue weighted by molar-refractivity contribution is 5.65. The number of fused-ring (bicyclic) bond motifs is 1. The standard InChI is InChI=1S/C17H19N5/c1-12-14(16-19-8-3-9-20-16)10-13-4-6-17(22-15(13)21-12)5-2-7-18-11-17/h2-3,5,8-10,18H,4,6-7,11H2,1H3,(H,21,22)/t17-/m1/s1. The molecule has 2 aromatic rings. The Bertz CT molecular complexity index is 725. The van der Waals surface area contributed by atoms with Crippen molar-refractivity contribution in [2.75, 3.05) is 18.4 Å². The third-order valence-electron chi connectivity index (χ3n) is 4.45. The molecule has 0 aromatic carbocycles. The molecule has 0 unspecified atom stereocenters. The summed E-state index contributed by atoms with van der Waals surface area (Å²) in [6.45, 7) is 3.92. The second-order valence-corrected chi connectivity index (χ2v) is 6.02. The number of aromatic nitrogens is 3. The van der Waals surface area contributed by atoms with Crippen LogP contribution in [0.4, 0.5) is 5.82 Å². The van der Waals surface area contributed by atoms with Crippen molar-refractivity contribution in [1.82, 2.24) is 20.3 Å². The number of nitrogens with one attached hydrogen (secondary N) is 2. The minimum absolute atomic E-state index is 0.00938. The first-order chi connectivity index (χ1) is 10.8. The highest BCUT2D eigenvalue weighted by Crippen LogP contribution is 2.34. The van der Waals surface area contributed by atoms with Crippen molar-refractivity contribution in [2.24, 2.45) is 0 Å². The maximum absolute atomic E-state index is 4.79. The van der Waals surface area contributed by atoms with Crippen LogP contribution in [0.5, 0.6) is 0 Å². The Morgan fingerprint density at radius 2 is 2.09 bits per heavy atom. The second kappa shape index (κ2) is 5.18. The minimum Gasteiger partial charge on any atom is -0.360 e. The molecule has 2 aliphatic rings. The van der Waals surface area contributed by atoms with E-state index in [1.54, 1.807) is 12.4 Å². The summed E-state index contributed by atoms with van der Waals surface area (Å²) in [5, 5.41) is 7.06. The normalized spacial score (nSPS) is 23.1. The average molecular weight is 293 g/mol. The summed E-state index contributed by atoms with van der Waals surface area (Å²) in [7, 11) is 0. The monoisotopic (exact) mass is 293 g/mol. The molecule has 2 N–H and O–H groups in total. The lowest BCUT2D eigenvalue weighted by Gasteiger charge is -2.39. The van der Waals surface area contributed by atoms with Crippen molar-refractivity contribution in [3.05, 3.63) is 47.9 Å². The van der Waals surface area contributed by atoms with Gasteiger partial charge < -0.3 is 10.6 Å². The molecular formula is C17H19N5. The molecular weight excluding hydrogens is 274 g/mol. The maximum Gasteiger partial charge on any atom is 0.160 e. The third kappa shape index (κ3) is 2.27. The van der Waals surface area contributed by atoms with Gasteiger partial charge >= 0.3 is 0 Å². The quantitative estimate of drug-likeness (QED) is 0.788. The molecule has 1 atom stereocenters. The van der Waals surface area contributed by atoms with Crippen LogP contribution in [0.3, 0.4) is 0 Å². The molecule has 112 valence electrons. The van der Waals surface area contributed by atoms with Crippen molar-refractivity contribution < 1.29 is 0 Å². The first-order valence-electron chi connectivity index (χ1n) is 7.70. The van der Waals surface area contributed by atoms with Crippen LogP contribution in [0.25, 0.3) is 11.4 Å². The van der Waals surface area contributed by atoms with Crippen molar-refractivity contribution in [2.45, 2.75) is 25.3 Å². The van der Waals surface area contributed by atoms with Gasteiger partial charge in [-0.15, -0.1) is 0 Å². The fourth-order valence-electron chi connectivity index (χ4n) is 3.25. The Balaban J connectivity index is 1.72. The van der Waals surface area contributed by atoms with Gasteiger partial charge in [0.1, 0.15) is 5.82 Å². The lowest BCUT2D eigenvalue weighted by atomic mass is 9.85. The molecule has 0 radical (unpaired) electrons. The van der Waals surface area contributed by atoms with E-state index in [0.29, 0.717) is 0 Å². The van der Waals surface area contributed by atoms with Gasteiger partial charge in [0.05, 0.1) is 11.2 Å². The Hall–Kier alpha value is -2.27. The first kappa shape index (κ1) is 13.4. The van der Waals surface area contributed by atoms with E-state index >= 15 is 0 Å². The molecule has 1 spiro atoms. The van der Waals surface area contributed by atoms with Gasteiger partial charge in [0.15, 0.2) is 5.82 Å². The fourth-order valence-corrected chi connectivity index (χ4v) is 3.25. The number of hydrogen-bond donors (Lipinski definition) is 2. The van der Waals surface area contributed by atoms with Crippen molar-refractivity contribution in [3.8, 4) is 11.4 Å². The largest absolute Gasteiger partial charge is 0.360 e. The topological polar surface area (TPSA) is 62.7 Å². The van der Waals surface area contributed by atoms with Crippen LogP contribution in [0.2, 0.25) is 0 Å². The number of rotatable bonds is 1. The third-order valence-corrected chi connectivity index (χ3v) is 4.45. The van der Waals surface area contributed by atoms with Gasteiger partial charge in [-0.2, -0.15) is 0 Å². The van der Waals surface area contributed by atoms with E-state index in [4.69, 9.17) is 4.98 Å². The molecule has 0 fully saturated rings. The number of hydrogen-bond acceptors (Lipinski definition) is 5. The van der Waals surface area contributed by atoms with Crippen LogP contribution in [-0.4, -0.2) is 33.6 Å². The van der Waals surface area contributed by atoms with E-state index in [1.807, 2.05) is 13.0 Å². The second-order valence-electron chi connectivity index (χ2n) is 6.02. The molecule has 22 heavy (non-hydrogen) atoms. The van der Waals surface area contributed by atoms with Crippen LogP contribution in [-0.2, 0) is 6.42 Å². The summed E-state index contributed by atoms with van der Waals surface area (Å²) in [5.74, 6) is 1.74. The molecule has 0 aliphatic carbocycles. The summed E-state index contributed by atoms with van der Waals surface area (Å²) in [4.78, 5) is 13.5. The van der Waals surface area contributed by atoms with E-state index in [2.05, 4.69) is 38.8 Å². The molecule has 0 bridgehead atoms. The SMILES string of the molecule is Cc1nc2c(cc1-c1ncccn1)CC[C@@]1(C=CCNC1)N2. The van der Waals surface area contributed by atoms with Gasteiger partial charge in [-0.3, -0.25) is 0 Å². The van der Waals surface area contributed by atoms with Crippen molar-refractivity contribution in [3.63, 3.8) is 0 Å². The zero-order valence-corrected chi connectivity index (χ0v) is 12.6. The molecule has 2 aromatic heterocycles. The molecule has 5 heteroatoms. The summed E-state index contributed by atoms with van der Waals surface area (Å²) in [6, 6.07) is 4.02. The smallest absolute Gasteiger partial charge is 0.160 e. The highest BCUT2D eigenvalue weighted by Gasteiger charge is 2.33. The highest BCUT2D eigenvalue weighted by atomic mass is 15.1. The predicted molar refractivity (Wildman–Crippen MR) is 86.7 cm³/mol. The van der Waals surface area contributed by atoms with Gasteiger partial charge in [-0.1, -0.05) is 12.2 Å². The lowest BCUT2D eigenvalue weighted by molar-refractivity contribution is 0.459. The summed E-state index contributed by atoms with van der Waals surface area (Å²) >= 11 is 0. The van der Waals surface area contributed by atoms with Gasteiger partial charge in [0.25, 0.3) is 0 Å². The van der Waals surface area contributed by atoms with Gasteiger partial charge in [0.2, 0.25) is 0 Å². The molecule has 5 nitrogen and oxygen atoms in total. The van der Waals surface area contributed by atoms with Gasteiger partial charge in [-0.25, -0.2) is 15.0 Å². The number of nitrogens with zero attached hydrogens (tertiary/aromatic N) is 3. The number of aryl methyl sites for hydroxylation is 2. The maximum atomic E-state index is 4.79. The Morgan fingerprint density at radius 3 is 2.86 bits per heavy atom. The summed E-state index contributed by atoms with van der Waals surface area (Å²) in [6.07, 6.45) is 10.1. The molecule has 4 rings (SSSR count). The lowest BCUT2D eigenvalue weighted by Crippen LogP contribution is -2.50. The van der Waals surface area contributed by atoms with Gasteiger partial charge in [0, 0.05) is 31.0 Å². The molecule has 0 saturated heterocycles. The fraction of sp³-hybridized carbons (Fsp3) is 0.353. The van der Waals surface area contributed by atoms with E-state index in [9.17, 15) is 0 Å². The first-order valence-corrected chi connectivity index (χ1v) is 7.70. The van der Waals surface area contributed by atoms with E-state index in [0.717, 1.165) is 48.8 Å². The zero-order chi connectivity index (χ0) is 15.0. The van der Waals surface area contributed by atoms with E-state index < -0.39 is 0 Å². The molecule has 4 heterocycles. The summed E-state index contributed by atoms with van der Waals surface area (Å²) in [5.41, 5.74) is 3.24. The van der Waals surface area contributed by atoms with Gasteiger partial charge in [-0.05, 0) is 37.5 Å². The van der Waals surface area contributed by atoms with Crippen molar-refractivity contribution >= 4 is 5.82 Å². The van der Waals surface area contributed by atoms with Crippen LogP contribution in [0.15, 0.2) is 36.7 Å². The molecule has 0 saturated carbocycles. The number of anilines is 1. The van der Waals surface area contributed by atoms with Crippen LogP contribution < -0.4 is 10.6 Å². The Morgan fingerprint density at radius 1 is 1.23 bits per heavy atom. The molecule has 2 aliphatic heterocycles. The average Bonchev–Trinajstić information content (AvgIpc) is 2.56. The number of pyridine rings is 1. The van der Waals surface area contributed by atoms with Crippen LogP contribution >= 0.6 is 0 Å². The predicted octanol–water partition coefficient (Wildman–Crippen LogP) is 2.10. The minimum atomic E-state index is 0.00938.